The van der Waals surface area contributed by atoms with Crippen molar-refractivity contribution in [1.29, 1.82) is 0 Å². The second-order valence-corrected chi connectivity index (χ2v) is 6.41. The van der Waals surface area contributed by atoms with Crippen LogP contribution < -0.4 is 0 Å². The molecule has 2 heterocycles. The third-order valence-corrected chi connectivity index (χ3v) is 4.72. The van der Waals surface area contributed by atoms with Gasteiger partial charge in [0.05, 0.1) is 18.4 Å². The fraction of sp³-hybridized carbons (Fsp3) is 0.211. The average Bonchev–Trinajstić information content (AvgIpc) is 3.26. The highest BCUT2D eigenvalue weighted by Crippen LogP contribution is 2.21. The van der Waals surface area contributed by atoms with Gasteiger partial charge in [-0.1, -0.05) is 30.3 Å². The van der Waals surface area contributed by atoms with Gasteiger partial charge in [-0.05, 0) is 35.6 Å². The predicted octanol–water partition coefficient (Wildman–Crippen LogP) is 4.03. The van der Waals surface area contributed by atoms with Gasteiger partial charge < -0.3 is 14.4 Å². The number of amides is 1. The maximum Gasteiger partial charge on any atom is 0.255 e. The summed E-state index contributed by atoms with van der Waals surface area (Å²) < 4.78 is 5.25. The first kappa shape index (κ1) is 16.5. The molecule has 0 bridgehead atoms. The standard InChI is InChI=1S/C19H19NO3S/c1-14-12-24-13-16(14)19(22)20(10-15-6-3-2-4-7-15)11-17(21)18-8-5-9-23-18/h2-9,12-13,17,21H,10-11H2,1H3. The van der Waals surface area contributed by atoms with Gasteiger partial charge in [-0.25, -0.2) is 0 Å². The lowest BCUT2D eigenvalue weighted by Gasteiger charge is -2.25. The van der Waals surface area contributed by atoms with Gasteiger partial charge in [0, 0.05) is 11.9 Å². The molecule has 3 aromatic rings. The number of thiophene rings is 1. The molecule has 0 spiro atoms. The van der Waals surface area contributed by atoms with E-state index >= 15 is 0 Å². The number of furan rings is 1. The van der Waals surface area contributed by atoms with Crippen molar-refractivity contribution in [3.8, 4) is 0 Å². The predicted molar refractivity (Wildman–Crippen MR) is 93.9 cm³/mol. The molecule has 5 heteroatoms. The van der Waals surface area contributed by atoms with E-state index in [1.165, 1.54) is 17.6 Å². The molecule has 0 saturated carbocycles. The molecule has 24 heavy (non-hydrogen) atoms. The Morgan fingerprint density at radius 2 is 2.00 bits per heavy atom. The number of hydrogen-bond acceptors (Lipinski definition) is 4. The monoisotopic (exact) mass is 341 g/mol. The van der Waals surface area contributed by atoms with E-state index in [1.54, 1.807) is 17.0 Å². The Bertz CT molecular complexity index is 780. The second kappa shape index (κ2) is 7.47. The Hall–Kier alpha value is -2.37. The molecule has 2 aromatic heterocycles. The van der Waals surface area contributed by atoms with Crippen molar-refractivity contribution in [3.05, 3.63) is 81.9 Å². The van der Waals surface area contributed by atoms with Crippen LogP contribution in [0.1, 0.15) is 33.3 Å². The number of hydrogen-bond donors (Lipinski definition) is 1. The Morgan fingerprint density at radius 1 is 1.21 bits per heavy atom. The maximum absolute atomic E-state index is 12.9. The first-order valence-electron chi connectivity index (χ1n) is 7.72. The van der Waals surface area contributed by atoms with Gasteiger partial charge in [0.15, 0.2) is 0 Å². The summed E-state index contributed by atoms with van der Waals surface area (Å²) in [5.74, 6) is 0.381. The molecule has 0 fully saturated rings. The lowest BCUT2D eigenvalue weighted by molar-refractivity contribution is 0.0563. The van der Waals surface area contributed by atoms with Crippen molar-refractivity contribution in [2.75, 3.05) is 6.54 Å². The van der Waals surface area contributed by atoms with Crippen molar-refractivity contribution >= 4 is 17.2 Å². The minimum absolute atomic E-state index is 0.0804. The van der Waals surface area contributed by atoms with Gasteiger partial charge in [0.25, 0.3) is 5.91 Å². The molecule has 4 nitrogen and oxygen atoms in total. The van der Waals surface area contributed by atoms with Gasteiger partial charge in [0.1, 0.15) is 11.9 Å². The fourth-order valence-corrected chi connectivity index (χ4v) is 3.37. The molecular weight excluding hydrogens is 322 g/mol. The number of aliphatic hydroxyl groups is 1. The Morgan fingerprint density at radius 3 is 2.62 bits per heavy atom. The fourth-order valence-electron chi connectivity index (χ4n) is 2.55. The molecule has 1 unspecified atom stereocenters. The zero-order valence-corrected chi connectivity index (χ0v) is 14.2. The highest BCUT2D eigenvalue weighted by atomic mass is 32.1. The normalized spacial score (nSPS) is 12.1. The quantitative estimate of drug-likeness (QED) is 0.736. The molecule has 0 radical (unpaired) electrons. The van der Waals surface area contributed by atoms with E-state index in [-0.39, 0.29) is 12.5 Å². The van der Waals surface area contributed by atoms with E-state index in [0.717, 1.165) is 11.1 Å². The van der Waals surface area contributed by atoms with Crippen LogP contribution in [0.4, 0.5) is 0 Å². The van der Waals surface area contributed by atoms with Crippen LogP contribution in [0, 0.1) is 6.92 Å². The molecule has 0 aliphatic heterocycles. The van der Waals surface area contributed by atoms with E-state index in [9.17, 15) is 9.90 Å². The van der Waals surface area contributed by atoms with Crippen LogP contribution in [0.15, 0.2) is 63.9 Å². The van der Waals surface area contributed by atoms with E-state index in [0.29, 0.717) is 17.9 Å². The molecule has 1 N–H and O–H groups in total. The van der Waals surface area contributed by atoms with Gasteiger partial charge in [-0.2, -0.15) is 11.3 Å². The van der Waals surface area contributed by atoms with Gasteiger partial charge >= 0.3 is 0 Å². The van der Waals surface area contributed by atoms with Gasteiger partial charge in [-0.3, -0.25) is 4.79 Å². The number of rotatable bonds is 6. The molecule has 1 aromatic carbocycles. The van der Waals surface area contributed by atoms with Crippen molar-refractivity contribution in [2.24, 2.45) is 0 Å². The molecular formula is C19H19NO3S. The molecule has 0 saturated heterocycles. The first-order chi connectivity index (χ1) is 11.6. The number of aliphatic hydroxyl groups excluding tert-OH is 1. The second-order valence-electron chi connectivity index (χ2n) is 5.67. The van der Waals surface area contributed by atoms with Crippen molar-refractivity contribution < 1.29 is 14.3 Å². The third-order valence-electron chi connectivity index (χ3n) is 3.85. The lowest BCUT2D eigenvalue weighted by atomic mass is 10.1. The highest BCUT2D eigenvalue weighted by Gasteiger charge is 2.23. The minimum Gasteiger partial charge on any atom is -0.467 e. The van der Waals surface area contributed by atoms with E-state index in [2.05, 4.69) is 0 Å². The van der Waals surface area contributed by atoms with Crippen LogP contribution in [0.5, 0.6) is 0 Å². The molecule has 124 valence electrons. The van der Waals surface area contributed by atoms with E-state index in [1.807, 2.05) is 48.0 Å². The van der Waals surface area contributed by atoms with Gasteiger partial charge in [-0.15, -0.1) is 0 Å². The third kappa shape index (κ3) is 3.75. The average molecular weight is 341 g/mol. The summed E-state index contributed by atoms with van der Waals surface area (Å²) in [6, 6.07) is 13.2. The molecule has 1 atom stereocenters. The molecule has 0 aliphatic carbocycles. The largest absolute Gasteiger partial charge is 0.467 e. The topological polar surface area (TPSA) is 53.7 Å². The number of nitrogens with zero attached hydrogens (tertiary/aromatic N) is 1. The van der Waals surface area contributed by atoms with E-state index < -0.39 is 6.10 Å². The Kier molecular flexibility index (Phi) is 5.13. The lowest BCUT2D eigenvalue weighted by Crippen LogP contribution is -2.34. The highest BCUT2D eigenvalue weighted by molar-refractivity contribution is 7.08. The number of carbonyl (C=O) groups is 1. The number of aryl methyl sites for hydroxylation is 1. The van der Waals surface area contributed by atoms with Gasteiger partial charge in [0.2, 0.25) is 0 Å². The zero-order valence-electron chi connectivity index (χ0n) is 13.4. The summed E-state index contributed by atoms with van der Waals surface area (Å²) in [6.07, 6.45) is 0.664. The maximum atomic E-state index is 12.9. The molecule has 0 aliphatic rings. The van der Waals surface area contributed by atoms with Crippen LogP contribution >= 0.6 is 11.3 Å². The summed E-state index contributed by atoms with van der Waals surface area (Å²) in [5.41, 5.74) is 2.66. The van der Waals surface area contributed by atoms with Crippen LogP contribution in [-0.4, -0.2) is 22.5 Å². The van der Waals surface area contributed by atoms with Crippen LogP contribution in [0.2, 0.25) is 0 Å². The number of benzene rings is 1. The summed E-state index contributed by atoms with van der Waals surface area (Å²) in [7, 11) is 0. The Balaban J connectivity index is 1.83. The molecule has 3 rings (SSSR count). The minimum atomic E-state index is -0.855. The summed E-state index contributed by atoms with van der Waals surface area (Å²) in [6.45, 7) is 2.54. The summed E-state index contributed by atoms with van der Waals surface area (Å²) in [5, 5.41) is 14.2. The summed E-state index contributed by atoms with van der Waals surface area (Å²) >= 11 is 1.51. The smallest absolute Gasteiger partial charge is 0.255 e. The van der Waals surface area contributed by atoms with Crippen molar-refractivity contribution in [3.63, 3.8) is 0 Å². The van der Waals surface area contributed by atoms with Crippen LogP contribution in [-0.2, 0) is 6.54 Å². The van der Waals surface area contributed by atoms with Crippen LogP contribution in [0.3, 0.4) is 0 Å². The first-order valence-corrected chi connectivity index (χ1v) is 8.67. The SMILES string of the molecule is Cc1cscc1C(=O)N(Cc1ccccc1)CC(O)c1ccco1. The zero-order chi connectivity index (χ0) is 16.9. The van der Waals surface area contributed by atoms with E-state index in [4.69, 9.17) is 4.42 Å². The Labute approximate surface area is 145 Å². The number of carbonyl (C=O) groups excluding carboxylic acids is 1. The van der Waals surface area contributed by atoms with Crippen molar-refractivity contribution in [2.45, 2.75) is 19.6 Å². The molecule has 1 amide bonds. The van der Waals surface area contributed by atoms with Crippen LogP contribution in [0.25, 0.3) is 0 Å². The summed E-state index contributed by atoms with van der Waals surface area (Å²) in [4.78, 5) is 14.6. The van der Waals surface area contributed by atoms with Crippen molar-refractivity contribution in [1.82, 2.24) is 4.90 Å².